The van der Waals surface area contributed by atoms with Crippen molar-refractivity contribution in [3.8, 4) is 0 Å². The summed E-state index contributed by atoms with van der Waals surface area (Å²) in [5.74, 6) is -1.79. The Morgan fingerprint density at radius 2 is 1.89 bits per heavy atom. The number of anilines is 1. The summed E-state index contributed by atoms with van der Waals surface area (Å²) >= 11 is 0. The Morgan fingerprint density at radius 1 is 1.18 bits per heavy atom. The molecule has 1 aromatic rings. The lowest BCUT2D eigenvalue weighted by Gasteiger charge is -2.20. The quantitative estimate of drug-likeness (QED) is 0.364. The highest BCUT2D eigenvalue weighted by molar-refractivity contribution is 5.98. The van der Waals surface area contributed by atoms with Gasteiger partial charge in [-0.15, -0.1) is 0 Å². The normalized spacial score (nSPS) is 13.1. The number of benzene rings is 1. The Kier molecular flexibility index (Phi) is 7.73. The van der Waals surface area contributed by atoms with Crippen molar-refractivity contribution >= 4 is 29.2 Å². The number of hydrogen-bond donors (Lipinski definition) is 2. The second-order valence-corrected chi connectivity index (χ2v) is 6.36. The largest absolute Gasteiger partial charge is 0.452 e. The van der Waals surface area contributed by atoms with E-state index < -0.39 is 23.4 Å². The fourth-order valence-electron chi connectivity index (χ4n) is 2.80. The number of carbonyl (C=O) groups is 3. The minimum atomic E-state index is -0.823. The first kappa shape index (κ1) is 21.1. The van der Waals surface area contributed by atoms with E-state index in [-0.39, 0.29) is 23.7 Å². The van der Waals surface area contributed by atoms with Crippen LogP contribution in [0.3, 0.4) is 0 Å². The van der Waals surface area contributed by atoms with Crippen molar-refractivity contribution in [2.24, 2.45) is 0 Å². The molecule has 1 aromatic carbocycles. The Morgan fingerprint density at radius 3 is 2.54 bits per heavy atom. The Balaban J connectivity index is 1.98. The molecule has 0 radical (unpaired) electrons. The van der Waals surface area contributed by atoms with Crippen molar-refractivity contribution in [1.29, 1.82) is 0 Å². The zero-order valence-corrected chi connectivity index (χ0v) is 15.7. The van der Waals surface area contributed by atoms with Crippen LogP contribution in [0.15, 0.2) is 18.2 Å². The molecule has 1 saturated heterocycles. The van der Waals surface area contributed by atoms with Crippen LogP contribution >= 0.6 is 0 Å². The summed E-state index contributed by atoms with van der Waals surface area (Å²) in [5, 5.41) is 16.0. The average molecular weight is 392 g/mol. The van der Waals surface area contributed by atoms with E-state index in [1.54, 1.807) is 0 Å². The highest BCUT2D eigenvalue weighted by Crippen LogP contribution is 2.28. The number of nitrogens with one attached hydrogen (secondary N) is 2. The van der Waals surface area contributed by atoms with Gasteiger partial charge in [0, 0.05) is 31.8 Å². The third-order valence-corrected chi connectivity index (χ3v) is 4.21. The zero-order valence-electron chi connectivity index (χ0n) is 15.7. The monoisotopic (exact) mass is 392 g/mol. The third kappa shape index (κ3) is 5.93. The minimum absolute atomic E-state index is 0.0459. The number of rotatable bonds is 9. The van der Waals surface area contributed by atoms with Crippen molar-refractivity contribution < 1.29 is 24.0 Å². The average Bonchev–Trinajstić information content (AvgIpc) is 3.22. The molecule has 1 heterocycles. The first-order valence-corrected chi connectivity index (χ1v) is 9.16. The molecule has 1 aliphatic rings. The fraction of sp³-hybridized carbons (Fsp3) is 0.500. The van der Waals surface area contributed by atoms with Gasteiger partial charge in [0.2, 0.25) is 5.91 Å². The Hall–Kier alpha value is -3.17. The summed E-state index contributed by atoms with van der Waals surface area (Å²) in [5.41, 5.74) is 0.365. The van der Waals surface area contributed by atoms with Crippen LogP contribution in [0.25, 0.3) is 0 Å². The third-order valence-electron chi connectivity index (χ3n) is 4.21. The zero-order chi connectivity index (χ0) is 20.5. The summed E-state index contributed by atoms with van der Waals surface area (Å²) in [7, 11) is 0. The molecule has 0 spiro atoms. The predicted octanol–water partition coefficient (Wildman–Crippen LogP) is 0.994. The van der Waals surface area contributed by atoms with E-state index in [0.29, 0.717) is 12.2 Å². The number of nitrogens with zero attached hydrogens (tertiary/aromatic N) is 2. The summed E-state index contributed by atoms with van der Waals surface area (Å²) in [6.07, 6.45) is 2.71. The molecule has 10 heteroatoms. The molecule has 0 saturated carbocycles. The van der Waals surface area contributed by atoms with Crippen molar-refractivity contribution in [3.63, 3.8) is 0 Å². The maximum absolute atomic E-state index is 12.5. The topological polar surface area (TPSA) is 131 Å². The predicted molar refractivity (Wildman–Crippen MR) is 101 cm³/mol. The lowest BCUT2D eigenvalue weighted by Crippen LogP contribution is -2.39. The Labute approximate surface area is 162 Å². The number of nitro groups is 1. The molecule has 28 heavy (non-hydrogen) atoms. The number of hydrogen-bond acceptors (Lipinski definition) is 7. The van der Waals surface area contributed by atoms with E-state index in [1.165, 1.54) is 12.1 Å². The standard InChI is InChI=1S/C18H24N4O6/c1-2-7-19-16(23)11-20-17(24)12-28-18(25)14-10-13(22(26)27)5-6-15(14)21-8-3-4-9-21/h5-6,10H,2-4,7-9,11-12H2,1H3,(H,19,23)(H,20,24). The van der Waals surface area contributed by atoms with Gasteiger partial charge in [0.1, 0.15) is 0 Å². The van der Waals surface area contributed by atoms with Crippen LogP contribution in [0, 0.1) is 10.1 Å². The molecule has 2 rings (SSSR count). The molecule has 0 unspecified atom stereocenters. The molecule has 152 valence electrons. The molecule has 0 bridgehead atoms. The van der Waals surface area contributed by atoms with Gasteiger partial charge in [0.25, 0.3) is 11.6 Å². The number of non-ortho nitro benzene ring substituents is 1. The molecule has 1 fully saturated rings. The maximum atomic E-state index is 12.5. The van der Waals surface area contributed by atoms with Crippen LogP contribution in [-0.2, 0) is 14.3 Å². The van der Waals surface area contributed by atoms with Gasteiger partial charge in [0.15, 0.2) is 6.61 Å². The van der Waals surface area contributed by atoms with E-state index in [1.807, 2.05) is 11.8 Å². The van der Waals surface area contributed by atoms with Crippen LogP contribution in [0.4, 0.5) is 11.4 Å². The van der Waals surface area contributed by atoms with Gasteiger partial charge in [-0.3, -0.25) is 19.7 Å². The van der Waals surface area contributed by atoms with Gasteiger partial charge in [-0.05, 0) is 25.3 Å². The van der Waals surface area contributed by atoms with Gasteiger partial charge in [0.05, 0.1) is 22.7 Å². The SMILES string of the molecule is CCCNC(=O)CNC(=O)COC(=O)c1cc([N+](=O)[O-])ccc1N1CCCC1. The van der Waals surface area contributed by atoms with Crippen molar-refractivity contribution in [2.45, 2.75) is 26.2 Å². The molecule has 2 N–H and O–H groups in total. The number of esters is 1. The second kappa shape index (κ2) is 10.2. The first-order chi connectivity index (χ1) is 13.4. The van der Waals surface area contributed by atoms with Crippen LogP contribution in [0.1, 0.15) is 36.5 Å². The number of ether oxygens (including phenoxy) is 1. The van der Waals surface area contributed by atoms with E-state index in [4.69, 9.17) is 4.74 Å². The lowest BCUT2D eigenvalue weighted by molar-refractivity contribution is -0.384. The van der Waals surface area contributed by atoms with Gasteiger partial charge >= 0.3 is 5.97 Å². The maximum Gasteiger partial charge on any atom is 0.341 e. The van der Waals surface area contributed by atoms with E-state index >= 15 is 0 Å². The Bertz CT molecular complexity index is 746. The molecule has 0 atom stereocenters. The molecule has 10 nitrogen and oxygen atoms in total. The lowest BCUT2D eigenvalue weighted by atomic mass is 10.1. The van der Waals surface area contributed by atoms with E-state index in [2.05, 4.69) is 10.6 Å². The van der Waals surface area contributed by atoms with Crippen LogP contribution < -0.4 is 15.5 Å². The van der Waals surface area contributed by atoms with Gasteiger partial charge in [-0.1, -0.05) is 6.92 Å². The molecular weight excluding hydrogens is 368 g/mol. The molecular formula is C18H24N4O6. The molecule has 1 aliphatic heterocycles. The number of nitro benzene ring substituents is 1. The van der Waals surface area contributed by atoms with Crippen LogP contribution in [-0.4, -0.2) is 55.5 Å². The second-order valence-electron chi connectivity index (χ2n) is 6.36. The molecule has 2 amide bonds. The van der Waals surface area contributed by atoms with Crippen LogP contribution in [0.5, 0.6) is 0 Å². The summed E-state index contributed by atoms with van der Waals surface area (Å²) < 4.78 is 5.01. The van der Waals surface area contributed by atoms with Gasteiger partial charge < -0.3 is 20.3 Å². The highest BCUT2D eigenvalue weighted by Gasteiger charge is 2.24. The summed E-state index contributed by atoms with van der Waals surface area (Å²) in [6.45, 7) is 3.10. The van der Waals surface area contributed by atoms with E-state index in [9.17, 15) is 24.5 Å². The summed E-state index contributed by atoms with van der Waals surface area (Å²) in [4.78, 5) is 48.1. The smallest absolute Gasteiger partial charge is 0.341 e. The number of carbonyl (C=O) groups excluding carboxylic acids is 3. The summed E-state index contributed by atoms with van der Waals surface area (Å²) in [6, 6.07) is 4.02. The van der Waals surface area contributed by atoms with Crippen molar-refractivity contribution in [1.82, 2.24) is 10.6 Å². The fourth-order valence-corrected chi connectivity index (χ4v) is 2.80. The van der Waals surface area contributed by atoms with Gasteiger partial charge in [-0.25, -0.2) is 4.79 Å². The van der Waals surface area contributed by atoms with Gasteiger partial charge in [-0.2, -0.15) is 0 Å². The number of amides is 2. The first-order valence-electron chi connectivity index (χ1n) is 9.16. The minimum Gasteiger partial charge on any atom is -0.452 e. The molecule has 0 aromatic heterocycles. The van der Waals surface area contributed by atoms with Crippen LogP contribution in [0.2, 0.25) is 0 Å². The van der Waals surface area contributed by atoms with E-state index in [0.717, 1.165) is 38.4 Å². The van der Waals surface area contributed by atoms with Crippen molar-refractivity contribution in [2.75, 3.05) is 37.7 Å². The highest BCUT2D eigenvalue weighted by atomic mass is 16.6. The van der Waals surface area contributed by atoms with Crippen molar-refractivity contribution in [3.05, 3.63) is 33.9 Å². The molecule has 0 aliphatic carbocycles.